The highest BCUT2D eigenvalue weighted by atomic mass is 32.1. The molecule has 0 atom stereocenters. The Labute approximate surface area is 103 Å². The fourth-order valence-electron chi connectivity index (χ4n) is 1.46. The molecule has 0 fully saturated rings. The van der Waals surface area contributed by atoms with Gasteiger partial charge >= 0.3 is 0 Å². The first-order chi connectivity index (χ1) is 8.26. The van der Waals surface area contributed by atoms with Gasteiger partial charge in [0.25, 0.3) is 0 Å². The zero-order valence-corrected chi connectivity index (χ0v) is 10.1. The first-order valence-corrected chi connectivity index (χ1v) is 5.82. The van der Waals surface area contributed by atoms with E-state index in [0.717, 1.165) is 10.6 Å². The van der Waals surface area contributed by atoms with Crippen LogP contribution in [-0.2, 0) is 11.3 Å². The van der Waals surface area contributed by atoms with Crippen LogP contribution in [0.5, 0.6) is 0 Å². The highest BCUT2D eigenvalue weighted by Gasteiger charge is 2.13. The van der Waals surface area contributed by atoms with Crippen molar-refractivity contribution < 1.29 is 4.74 Å². The molecule has 1 N–H and O–H groups in total. The van der Waals surface area contributed by atoms with Crippen molar-refractivity contribution in [2.75, 3.05) is 7.11 Å². The molecular formula is C12H11N3OS. The molecule has 5 heteroatoms. The fraction of sp³-hybridized carbons (Fsp3) is 0.167. The molecule has 86 valence electrons. The Morgan fingerprint density at radius 3 is 3.12 bits per heavy atom. The number of nitrogens with one attached hydrogen (secondary N) is 1. The maximum absolute atomic E-state index is 7.69. The van der Waals surface area contributed by atoms with Crippen LogP contribution < -0.4 is 0 Å². The lowest BCUT2D eigenvalue weighted by Gasteiger charge is -2.02. The highest BCUT2D eigenvalue weighted by Crippen LogP contribution is 2.24. The molecule has 2 aromatic heterocycles. The zero-order chi connectivity index (χ0) is 12.3. The molecule has 2 rings (SSSR count). The molecule has 0 saturated carbocycles. The highest BCUT2D eigenvalue weighted by molar-refractivity contribution is 7.13. The van der Waals surface area contributed by atoms with E-state index in [0.29, 0.717) is 12.2 Å². The molecule has 0 aliphatic rings. The average molecular weight is 245 g/mol. The van der Waals surface area contributed by atoms with Crippen LogP contribution in [0, 0.1) is 17.8 Å². The molecular weight excluding hydrogens is 234 g/mol. The Balaban J connectivity index is 2.45. The average Bonchev–Trinajstić information content (AvgIpc) is 2.96. The van der Waals surface area contributed by atoms with Crippen molar-refractivity contribution in [2.24, 2.45) is 0 Å². The maximum atomic E-state index is 7.69. The normalized spacial score (nSPS) is 9.88. The minimum Gasteiger partial charge on any atom is -0.480 e. The Morgan fingerprint density at radius 1 is 1.71 bits per heavy atom. The number of methoxy groups -OCH3 is 1. The van der Waals surface area contributed by atoms with Crippen molar-refractivity contribution in [2.45, 2.75) is 6.54 Å². The number of hydrogen-bond donors (Lipinski definition) is 1. The Morgan fingerprint density at radius 2 is 2.53 bits per heavy atom. The topological polar surface area (TPSA) is 50.9 Å². The van der Waals surface area contributed by atoms with E-state index in [2.05, 4.69) is 11.0 Å². The molecule has 0 radical (unpaired) electrons. The van der Waals surface area contributed by atoms with E-state index in [1.807, 2.05) is 23.6 Å². The van der Waals surface area contributed by atoms with Gasteiger partial charge in [-0.25, -0.2) is 4.68 Å². The number of thiophene rings is 1. The number of hydrogen-bond acceptors (Lipinski definition) is 4. The van der Waals surface area contributed by atoms with Gasteiger partial charge in [0.05, 0.1) is 12.0 Å². The molecule has 0 amide bonds. The van der Waals surface area contributed by atoms with E-state index < -0.39 is 0 Å². The molecule has 0 spiro atoms. The van der Waals surface area contributed by atoms with Crippen LogP contribution in [0.2, 0.25) is 0 Å². The van der Waals surface area contributed by atoms with Crippen molar-refractivity contribution >= 4 is 17.2 Å². The van der Waals surface area contributed by atoms with Gasteiger partial charge in [-0.15, -0.1) is 17.8 Å². The number of rotatable bonds is 3. The van der Waals surface area contributed by atoms with Crippen LogP contribution in [0.3, 0.4) is 0 Å². The van der Waals surface area contributed by atoms with Gasteiger partial charge in [0, 0.05) is 0 Å². The fourth-order valence-corrected chi connectivity index (χ4v) is 2.14. The van der Waals surface area contributed by atoms with E-state index in [1.54, 1.807) is 16.0 Å². The van der Waals surface area contributed by atoms with Gasteiger partial charge in [-0.05, 0) is 17.5 Å². The van der Waals surface area contributed by atoms with Gasteiger partial charge in [-0.2, -0.15) is 5.10 Å². The summed E-state index contributed by atoms with van der Waals surface area (Å²) in [7, 11) is 1.46. The van der Waals surface area contributed by atoms with Crippen LogP contribution in [-0.4, -0.2) is 22.8 Å². The van der Waals surface area contributed by atoms with Crippen molar-refractivity contribution in [1.29, 1.82) is 5.41 Å². The van der Waals surface area contributed by atoms with Crippen molar-refractivity contribution in [3.63, 3.8) is 0 Å². The van der Waals surface area contributed by atoms with Crippen molar-refractivity contribution in [1.82, 2.24) is 9.78 Å². The summed E-state index contributed by atoms with van der Waals surface area (Å²) in [5.74, 6) is 2.58. The molecule has 0 aliphatic heterocycles. The van der Waals surface area contributed by atoms with Crippen molar-refractivity contribution in [3.05, 3.63) is 29.3 Å². The monoisotopic (exact) mass is 245 g/mol. The summed E-state index contributed by atoms with van der Waals surface area (Å²) in [6.07, 6.45) is 5.28. The smallest absolute Gasteiger partial charge is 0.231 e. The number of ether oxygens (including phenoxy) is 1. The van der Waals surface area contributed by atoms with Crippen LogP contribution in [0.1, 0.15) is 5.69 Å². The van der Waals surface area contributed by atoms with Crippen LogP contribution in [0.15, 0.2) is 23.6 Å². The Hall–Kier alpha value is -2.06. The number of terminal acetylenes is 1. The summed E-state index contributed by atoms with van der Waals surface area (Å²) in [5, 5.41) is 14.0. The summed E-state index contributed by atoms with van der Waals surface area (Å²) in [5.41, 5.74) is 1.40. The van der Waals surface area contributed by atoms with E-state index in [4.69, 9.17) is 16.6 Å². The van der Waals surface area contributed by atoms with Gasteiger partial charge in [-0.3, -0.25) is 5.41 Å². The molecule has 0 unspecified atom stereocenters. The summed E-state index contributed by atoms with van der Waals surface area (Å²) >= 11 is 1.60. The summed E-state index contributed by atoms with van der Waals surface area (Å²) in [4.78, 5) is 1.05. The second-order valence-corrected chi connectivity index (χ2v) is 4.23. The SMILES string of the molecule is C#CCn1nc(-c2cccs2)cc1C(=N)OC. The number of aromatic nitrogens is 2. The molecule has 0 saturated heterocycles. The van der Waals surface area contributed by atoms with E-state index >= 15 is 0 Å². The Bertz CT molecular complexity index is 563. The van der Waals surface area contributed by atoms with Gasteiger partial charge < -0.3 is 4.74 Å². The minimum atomic E-state index is 0.0653. The summed E-state index contributed by atoms with van der Waals surface area (Å²) < 4.78 is 6.51. The molecule has 17 heavy (non-hydrogen) atoms. The summed E-state index contributed by atoms with van der Waals surface area (Å²) in [6, 6.07) is 5.75. The van der Waals surface area contributed by atoms with Crippen molar-refractivity contribution in [3.8, 4) is 22.9 Å². The van der Waals surface area contributed by atoms with E-state index in [9.17, 15) is 0 Å². The third kappa shape index (κ3) is 2.22. The predicted molar refractivity (Wildman–Crippen MR) is 68.2 cm³/mol. The quantitative estimate of drug-likeness (QED) is 0.512. The van der Waals surface area contributed by atoms with Crippen LogP contribution >= 0.6 is 11.3 Å². The minimum absolute atomic E-state index is 0.0653. The molecule has 2 heterocycles. The lowest BCUT2D eigenvalue weighted by molar-refractivity contribution is 0.396. The van der Waals surface area contributed by atoms with Gasteiger partial charge in [0.1, 0.15) is 17.9 Å². The van der Waals surface area contributed by atoms with E-state index in [1.165, 1.54) is 7.11 Å². The second kappa shape index (κ2) is 4.85. The van der Waals surface area contributed by atoms with E-state index in [-0.39, 0.29) is 5.90 Å². The zero-order valence-electron chi connectivity index (χ0n) is 9.30. The molecule has 4 nitrogen and oxygen atoms in total. The molecule has 2 aromatic rings. The first kappa shape index (κ1) is 11.4. The predicted octanol–water partition coefficient (Wildman–Crippen LogP) is 2.22. The van der Waals surface area contributed by atoms with Crippen LogP contribution in [0.25, 0.3) is 10.6 Å². The Kier molecular flexibility index (Phi) is 3.26. The first-order valence-electron chi connectivity index (χ1n) is 4.94. The maximum Gasteiger partial charge on any atom is 0.231 e. The second-order valence-electron chi connectivity index (χ2n) is 3.29. The third-order valence-electron chi connectivity index (χ3n) is 2.23. The molecule has 0 aromatic carbocycles. The largest absolute Gasteiger partial charge is 0.480 e. The molecule has 0 aliphatic carbocycles. The lowest BCUT2D eigenvalue weighted by atomic mass is 10.3. The third-order valence-corrected chi connectivity index (χ3v) is 3.12. The number of nitrogens with zero attached hydrogens (tertiary/aromatic N) is 2. The standard InChI is InChI=1S/C12H11N3OS/c1-3-6-15-10(12(13)16-2)8-9(14-15)11-5-4-7-17-11/h1,4-5,7-8,13H,6H2,2H3. The van der Waals surface area contributed by atoms with Gasteiger partial charge in [0.2, 0.25) is 5.90 Å². The van der Waals surface area contributed by atoms with Crippen LogP contribution in [0.4, 0.5) is 0 Å². The summed E-state index contributed by atoms with van der Waals surface area (Å²) in [6.45, 7) is 0.326. The van der Waals surface area contributed by atoms with Gasteiger partial charge in [-0.1, -0.05) is 12.0 Å². The molecule has 0 bridgehead atoms. The van der Waals surface area contributed by atoms with Gasteiger partial charge in [0.15, 0.2) is 0 Å². The lowest BCUT2D eigenvalue weighted by Crippen LogP contribution is -2.11.